The van der Waals surface area contributed by atoms with Crippen LogP contribution in [0.25, 0.3) is 0 Å². The molecule has 0 fully saturated rings. The summed E-state index contributed by atoms with van der Waals surface area (Å²) in [4.78, 5) is 12.8. The molecule has 0 aliphatic rings. The fraction of sp³-hybridized carbons (Fsp3) is 0.136. The number of ether oxygens (including phenoxy) is 1. The summed E-state index contributed by atoms with van der Waals surface area (Å²) in [5.41, 5.74) is 3.03. The Labute approximate surface area is 142 Å². The second-order valence-corrected chi connectivity index (χ2v) is 5.73. The van der Waals surface area contributed by atoms with Crippen LogP contribution < -0.4 is 4.74 Å². The minimum absolute atomic E-state index is 0.0574. The summed E-state index contributed by atoms with van der Waals surface area (Å²) < 4.78 is 5.16. The molecule has 120 valence electrons. The molecule has 0 aromatic heterocycles. The number of methoxy groups -OCH3 is 1. The van der Waals surface area contributed by atoms with E-state index in [4.69, 9.17) is 4.74 Å². The molecule has 0 saturated heterocycles. The summed E-state index contributed by atoms with van der Waals surface area (Å²) in [5.74, 6) is 0.951. The Kier molecular flexibility index (Phi) is 5.07. The highest BCUT2D eigenvalue weighted by atomic mass is 16.5. The molecule has 3 aromatic rings. The third-order valence-electron chi connectivity index (χ3n) is 4.21. The number of ketones is 1. The summed E-state index contributed by atoms with van der Waals surface area (Å²) in [6.45, 7) is 0. The Morgan fingerprint density at radius 2 is 1.29 bits per heavy atom. The summed E-state index contributed by atoms with van der Waals surface area (Å²) in [5, 5.41) is 0. The molecule has 0 saturated carbocycles. The van der Waals surface area contributed by atoms with Crippen molar-refractivity contribution in [2.45, 2.75) is 12.3 Å². The van der Waals surface area contributed by atoms with Gasteiger partial charge >= 0.3 is 0 Å². The van der Waals surface area contributed by atoms with E-state index in [1.165, 1.54) is 0 Å². The van der Waals surface area contributed by atoms with E-state index in [9.17, 15) is 4.79 Å². The minimum Gasteiger partial charge on any atom is -0.497 e. The van der Waals surface area contributed by atoms with Crippen molar-refractivity contribution in [2.75, 3.05) is 7.11 Å². The lowest BCUT2D eigenvalue weighted by Gasteiger charge is -2.17. The van der Waals surface area contributed by atoms with Crippen LogP contribution in [0.1, 0.15) is 33.8 Å². The van der Waals surface area contributed by atoms with Gasteiger partial charge in [0, 0.05) is 17.9 Å². The molecule has 0 bridgehead atoms. The van der Waals surface area contributed by atoms with Gasteiger partial charge in [-0.15, -0.1) is 0 Å². The smallest absolute Gasteiger partial charge is 0.163 e. The maximum absolute atomic E-state index is 12.8. The number of benzene rings is 3. The predicted molar refractivity (Wildman–Crippen MR) is 96.7 cm³/mol. The zero-order valence-electron chi connectivity index (χ0n) is 13.7. The highest BCUT2D eigenvalue weighted by molar-refractivity contribution is 5.97. The van der Waals surface area contributed by atoms with Crippen molar-refractivity contribution in [3.8, 4) is 5.75 Å². The van der Waals surface area contributed by atoms with Crippen LogP contribution in [0.3, 0.4) is 0 Å². The zero-order valence-corrected chi connectivity index (χ0v) is 13.7. The van der Waals surface area contributed by atoms with Crippen LogP contribution in [0.4, 0.5) is 0 Å². The lowest BCUT2D eigenvalue weighted by Crippen LogP contribution is -2.09. The third-order valence-corrected chi connectivity index (χ3v) is 4.21. The van der Waals surface area contributed by atoms with Crippen LogP contribution >= 0.6 is 0 Å². The van der Waals surface area contributed by atoms with Crippen molar-refractivity contribution >= 4 is 5.78 Å². The van der Waals surface area contributed by atoms with E-state index in [0.29, 0.717) is 12.0 Å². The third kappa shape index (κ3) is 3.72. The van der Waals surface area contributed by atoms with Gasteiger partial charge in [-0.05, 0) is 35.4 Å². The highest BCUT2D eigenvalue weighted by Crippen LogP contribution is 2.29. The van der Waals surface area contributed by atoms with Crippen molar-refractivity contribution in [1.82, 2.24) is 0 Å². The van der Waals surface area contributed by atoms with Gasteiger partial charge in [0.2, 0.25) is 0 Å². The molecule has 24 heavy (non-hydrogen) atoms. The first kappa shape index (κ1) is 16.0. The maximum atomic E-state index is 12.8. The van der Waals surface area contributed by atoms with E-state index in [1.807, 2.05) is 60.7 Å². The van der Waals surface area contributed by atoms with E-state index < -0.39 is 0 Å². The standard InChI is InChI=1S/C22H20O2/c1-24-20-14-12-19(13-15-20)22(23)16-21(17-8-4-2-5-9-17)18-10-6-3-7-11-18/h2-15,21H,16H2,1H3. The van der Waals surface area contributed by atoms with Gasteiger partial charge in [-0.1, -0.05) is 60.7 Å². The van der Waals surface area contributed by atoms with Crippen LogP contribution in [0.5, 0.6) is 5.75 Å². The van der Waals surface area contributed by atoms with E-state index >= 15 is 0 Å². The summed E-state index contributed by atoms with van der Waals surface area (Å²) >= 11 is 0. The number of rotatable bonds is 6. The Hall–Kier alpha value is -2.87. The number of carbonyl (C=O) groups is 1. The molecule has 0 heterocycles. The van der Waals surface area contributed by atoms with Crippen LogP contribution in [-0.4, -0.2) is 12.9 Å². The van der Waals surface area contributed by atoms with E-state index in [1.54, 1.807) is 7.11 Å². The normalized spacial score (nSPS) is 10.6. The van der Waals surface area contributed by atoms with Crippen LogP contribution in [0, 0.1) is 0 Å². The zero-order chi connectivity index (χ0) is 16.8. The first-order chi connectivity index (χ1) is 11.8. The molecule has 3 aromatic carbocycles. The fourth-order valence-corrected chi connectivity index (χ4v) is 2.88. The number of hydrogen-bond acceptors (Lipinski definition) is 2. The van der Waals surface area contributed by atoms with Gasteiger partial charge in [0.1, 0.15) is 5.75 Å². The van der Waals surface area contributed by atoms with Crippen LogP contribution in [-0.2, 0) is 0 Å². The van der Waals surface area contributed by atoms with Gasteiger partial charge in [-0.25, -0.2) is 0 Å². The number of hydrogen-bond donors (Lipinski definition) is 0. The SMILES string of the molecule is COc1ccc(C(=O)CC(c2ccccc2)c2ccccc2)cc1. The average molecular weight is 316 g/mol. The lowest BCUT2D eigenvalue weighted by molar-refractivity contribution is 0.0977. The first-order valence-corrected chi connectivity index (χ1v) is 8.05. The van der Waals surface area contributed by atoms with E-state index in [0.717, 1.165) is 16.9 Å². The van der Waals surface area contributed by atoms with E-state index in [-0.39, 0.29) is 11.7 Å². The molecular formula is C22H20O2. The Morgan fingerprint density at radius 3 is 1.75 bits per heavy atom. The second-order valence-electron chi connectivity index (χ2n) is 5.73. The molecule has 3 rings (SSSR count). The Bertz CT molecular complexity index is 738. The maximum Gasteiger partial charge on any atom is 0.163 e. The monoisotopic (exact) mass is 316 g/mol. The van der Waals surface area contributed by atoms with Gasteiger partial charge in [0.25, 0.3) is 0 Å². The van der Waals surface area contributed by atoms with Crippen LogP contribution in [0.15, 0.2) is 84.9 Å². The van der Waals surface area contributed by atoms with Crippen molar-refractivity contribution in [2.24, 2.45) is 0 Å². The van der Waals surface area contributed by atoms with Gasteiger partial charge in [0.05, 0.1) is 7.11 Å². The van der Waals surface area contributed by atoms with E-state index in [2.05, 4.69) is 24.3 Å². The fourth-order valence-electron chi connectivity index (χ4n) is 2.88. The van der Waals surface area contributed by atoms with Crippen molar-refractivity contribution in [1.29, 1.82) is 0 Å². The second kappa shape index (κ2) is 7.60. The molecule has 0 aliphatic heterocycles. The van der Waals surface area contributed by atoms with Crippen molar-refractivity contribution in [3.05, 3.63) is 102 Å². The molecule has 0 spiro atoms. The summed E-state index contributed by atoms with van der Waals surface area (Å²) in [6, 6.07) is 27.7. The van der Waals surface area contributed by atoms with Crippen LogP contribution in [0.2, 0.25) is 0 Å². The summed E-state index contributed by atoms with van der Waals surface area (Å²) in [7, 11) is 1.62. The topological polar surface area (TPSA) is 26.3 Å². The molecule has 0 atom stereocenters. The molecule has 2 nitrogen and oxygen atoms in total. The molecule has 0 aliphatic carbocycles. The predicted octanol–water partition coefficient (Wildman–Crippen LogP) is 5.10. The summed E-state index contributed by atoms with van der Waals surface area (Å²) in [6.07, 6.45) is 0.445. The molecule has 0 unspecified atom stereocenters. The molecule has 0 amide bonds. The Balaban J connectivity index is 1.87. The van der Waals surface area contributed by atoms with Crippen molar-refractivity contribution < 1.29 is 9.53 Å². The molecule has 0 radical (unpaired) electrons. The average Bonchev–Trinajstić information content (AvgIpc) is 2.67. The number of carbonyl (C=O) groups excluding carboxylic acids is 1. The number of Topliss-reactive ketones (excluding diaryl/α,β-unsaturated/α-hetero) is 1. The van der Waals surface area contributed by atoms with Gasteiger partial charge in [-0.3, -0.25) is 4.79 Å². The van der Waals surface area contributed by atoms with Gasteiger partial charge in [0.15, 0.2) is 5.78 Å². The largest absolute Gasteiger partial charge is 0.497 e. The molecule has 0 N–H and O–H groups in total. The quantitative estimate of drug-likeness (QED) is 0.591. The molecule has 2 heteroatoms. The van der Waals surface area contributed by atoms with Gasteiger partial charge in [-0.2, -0.15) is 0 Å². The minimum atomic E-state index is 0.0574. The highest BCUT2D eigenvalue weighted by Gasteiger charge is 2.19. The molecular weight excluding hydrogens is 296 g/mol. The lowest BCUT2D eigenvalue weighted by atomic mass is 9.86. The first-order valence-electron chi connectivity index (χ1n) is 8.05. The van der Waals surface area contributed by atoms with Gasteiger partial charge < -0.3 is 4.74 Å². The Morgan fingerprint density at radius 1 is 0.792 bits per heavy atom. The van der Waals surface area contributed by atoms with Crippen molar-refractivity contribution in [3.63, 3.8) is 0 Å².